The first-order valence-corrected chi connectivity index (χ1v) is 10.2. The van der Waals surface area contributed by atoms with E-state index in [1.54, 1.807) is 30.5 Å². The number of hydrogen-bond acceptors (Lipinski definition) is 6. The average molecular weight is 421 g/mol. The number of benzene rings is 2. The van der Waals surface area contributed by atoms with Gasteiger partial charge in [0.05, 0.1) is 12.5 Å². The number of nitrogens with one attached hydrogen (secondary N) is 2. The molecule has 0 spiro atoms. The van der Waals surface area contributed by atoms with Crippen LogP contribution in [0.4, 0.5) is 11.5 Å². The van der Waals surface area contributed by atoms with Crippen molar-refractivity contribution < 1.29 is 15.0 Å². The number of aliphatic hydroxyl groups excluding tert-OH is 1. The van der Waals surface area contributed by atoms with Crippen LogP contribution in [0, 0.1) is 0 Å². The molecule has 0 aliphatic heterocycles. The van der Waals surface area contributed by atoms with Gasteiger partial charge in [-0.3, -0.25) is 4.79 Å². The molecule has 162 valence electrons. The van der Waals surface area contributed by atoms with Gasteiger partial charge in [-0.2, -0.15) is 0 Å². The standard InChI is InChI=1S/C24H28N4O3/c1-16(26-15-22(30)19-5-10-23(25)27-14-19)11-17-3-2-4-18(12-17)13-24(31)28-20-6-8-21(29)9-7-20/h2-10,12,14,16,22,26,29-30H,11,13,15H2,1H3,(H2,25,27)(H,28,31)/t16-,22+/m1/s1. The number of pyridine rings is 1. The number of nitrogens with zero attached hydrogens (tertiary/aromatic N) is 1. The Balaban J connectivity index is 1.49. The highest BCUT2D eigenvalue weighted by Crippen LogP contribution is 2.15. The lowest BCUT2D eigenvalue weighted by Gasteiger charge is -2.18. The topological polar surface area (TPSA) is 120 Å². The van der Waals surface area contributed by atoms with Gasteiger partial charge in [-0.1, -0.05) is 30.3 Å². The van der Waals surface area contributed by atoms with Crippen molar-refractivity contribution in [1.82, 2.24) is 10.3 Å². The molecule has 1 heterocycles. The first-order chi connectivity index (χ1) is 14.9. The number of phenols is 1. The highest BCUT2D eigenvalue weighted by molar-refractivity contribution is 5.92. The molecule has 0 unspecified atom stereocenters. The molecule has 0 saturated carbocycles. The summed E-state index contributed by atoms with van der Waals surface area (Å²) in [7, 11) is 0. The van der Waals surface area contributed by atoms with E-state index in [0.29, 0.717) is 18.1 Å². The molecule has 2 aromatic carbocycles. The molecule has 2 atom stereocenters. The fourth-order valence-electron chi connectivity index (χ4n) is 3.27. The number of anilines is 2. The highest BCUT2D eigenvalue weighted by atomic mass is 16.3. The number of phenolic OH excluding ortho intramolecular Hbond substituents is 1. The number of carbonyl (C=O) groups is 1. The van der Waals surface area contributed by atoms with Gasteiger partial charge in [0.15, 0.2) is 0 Å². The Kier molecular flexibility index (Phi) is 7.59. The van der Waals surface area contributed by atoms with Gasteiger partial charge in [-0.05, 0) is 54.8 Å². The maximum atomic E-state index is 12.3. The fourth-order valence-corrected chi connectivity index (χ4v) is 3.27. The van der Waals surface area contributed by atoms with Crippen LogP contribution in [0.1, 0.15) is 29.7 Å². The fraction of sp³-hybridized carbons (Fsp3) is 0.250. The highest BCUT2D eigenvalue weighted by Gasteiger charge is 2.11. The minimum Gasteiger partial charge on any atom is -0.508 e. The minimum absolute atomic E-state index is 0.116. The number of carbonyl (C=O) groups excluding carboxylic acids is 1. The zero-order chi connectivity index (χ0) is 22.2. The molecule has 1 aromatic heterocycles. The molecule has 31 heavy (non-hydrogen) atoms. The SMILES string of the molecule is C[C@H](Cc1cccc(CC(=O)Nc2ccc(O)cc2)c1)NC[C@H](O)c1ccc(N)nc1. The largest absolute Gasteiger partial charge is 0.508 e. The van der Waals surface area contributed by atoms with Crippen molar-refractivity contribution in [1.29, 1.82) is 0 Å². The van der Waals surface area contributed by atoms with Crippen molar-refractivity contribution in [3.63, 3.8) is 0 Å². The number of aromatic nitrogens is 1. The summed E-state index contributed by atoms with van der Waals surface area (Å²) in [5, 5.41) is 25.8. The maximum absolute atomic E-state index is 12.3. The van der Waals surface area contributed by atoms with E-state index in [1.807, 2.05) is 24.3 Å². The van der Waals surface area contributed by atoms with E-state index in [4.69, 9.17) is 5.73 Å². The minimum atomic E-state index is -0.662. The molecule has 0 bridgehead atoms. The van der Waals surface area contributed by atoms with Crippen LogP contribution in [0.15, 0.2) is 66.9 Å². The second-order valence-electron chi connectivity index (χ2n) is 7.64. The Labute approximate surface area is 182 Å². The van der Waals surface area contributed by atoms with Crippen LogP contribution < -0.4 is 16.4 Å². The van der Waals surface area contributed by atoms with Crippen LogP contribution >= 0.6 is 0 Å². The summed E-state index contributed by atoms with van der Waals surface area (Å²) >= 11 is 0. The van der Waals surface area contributed by atoms with Crippen LogP contribution in [-0.2, 0) is 17.6 Å². The number of amides is 1. The molecule has 3 rings (SSSR count). The molecule has 1 amide bonds. The van der Waals surface area contributed by atoms with Crippen LogP contribution in [0.5, 0.6) is 5.75 Å². The van der Waals surface area contributed by atoms with Gasteiger partial charge in [0.25, 0.3) is 0 Å². The average Bonchev–Trinajstić information content (AvgIpc) is 2.74. The summed E-state index contributed by atoms with van der Waals surface area (Å²) in [5.41, 5.74) is 8.98. The second kappa shape index (κ2) is 10.6. The maximum Gasteiger partial charge on any atom is 0.228 e. The molecule has 7 heteroatoms. The van der Waals surface area contributed by atoms with Gasteiger partial charge in [0.2, 0.25) is 5.91 Å². The molecule has 0 fully saturated rings. The van der Waals surface area contributed by atoms with Crippen molar-refractivity contribution >= 4 is 17.4 Å². The monoisotopic (exact) mass is 420 g/mol. The van der Waals surface area contributed by atoms with E-state index in [9.17, 15) is 15.0 Å². The van der Waals surface area contributed by atoms with E-state index in [-0.39, 0.29) is 24.1 Å². The van der Waals surface area contributed by atoms with Gasteiger partial charge in [-0.15, -0.1) is 0 Å². The van der Waals surface area contributed by atoms with Crippen molar-refractivity contribution in [3.05, 3.63) is 83.6 Å². The molecule has 7 nitrogen and oxygen atoms in total. The van der Waals surface area contributed by atoms with Crippen LogP contribution in [0.25, 0.3) is 0 Å². The predicted octanol–water partition coefficient (Wildman–Crippen LogP) is 2.80. The lowest BCUT2D eigenvalue weighted by Crippen LogP contribution is -2.32. The van der Waals surface area contributed by atoms with Crippen molar-refractivity contribution in [2.75, 3.05) is 17.6 Å². The molecule has 0 saturated heterocycles. The van der Waals surface area contributed by atoms with Crippen LogP contribution in [-0.4, -0.2) is 33.7 Å². The van der Waals surface area contributed by atoms with Gasteiger partial charge in [0.1, 0.15) is 11.6 Å². The van der Waals surface area contributed by atoms with E-state index in [2.05, 4.69) is 22.5 Å². The third-order valence-corrected chi connectivity index (χ3v) is 4.90. The van der Waals surface area contributed by atoms with Gasteiger partial charge in [0, 0.05) is 30.0 Å². The first kappa shape index (κ1) is 22.3. The molecule has 0 radical (unpaired) electrons. The summed E-state index contributed by atoms with van der Waals surface area (Å²) in [6, 6.07) is 17.9. The quantitative estimate of drug-likeness (QED) is 0.340. The zero-order valence-corrected chi connectivity index (χ0v) is 17.5. The predicted molar refractivity (Wildman–Crippen MR) is 122 cm³/mol. The van der Waals surface area contributed by atoms with Gasteiger partial charge < -0.3 is 26.6 Å². The number of hydrogen-bond donors (Lipinski definition) is 5. The van der Waals surface area contributed by atoms with E-state index >= 15 is 0 Å². The Morgan fingerprint density at radius 3 is 2.55 bits per heavy atom. The third-order valence-electron chi connectivity index (χ3n) is 4.90. The Bertz CT molecular complexity index is 990. The zero-order valence-electron chi connectivity index (χ0n) is 17.5. The summed E-state index contributed by atoms with van der Waals surface area (Å²) in [5.74, 6) is 0.467. The molecule has 6 N–H and O–H groups in total. The molecular formula is C24H28N4O3. The Morgan fingerprint density at radius 1 is 1.10 bits per heavy atom. The number of aliphatic hydroxyl groups is 1. The lowest BCUT2D eigenvalue weighted by molar-refractivity contribution is -0.115. The van der Waals surface area contributed by atoms with Crippen LogP contribution in [0.2, 0.25) is 0 Å². The number of rotatable bonds is 9. The Morgan fingerprint density at radius 2 is 1.84 bits per heavy atom. The normalized spacial score (nSPS) is 12.8. The summed E-state index contributed by atoms with van der Waals surface area (Å²) < 4.78 is 0. The van der Waals surface area contributed by atoms with Crippen molar-refractivity contribution in [3.8, 4) is 5.75 Å². The summed E-state index contributed by atoms with van der Waals surface area (Å²) in [6.07, 6.45) is 1.95. The molecule has 0 aliphatic carbocycles. The molecule has 3 aromatic rings. The third kappa shape index (κ3) is 7.09. The van der Waals surface area contributed by atoms with Gasteiger partial charge >= 0.3 is 0 Å². The lowest BCUT2D eigenvalue weighted by atomic mass is 10.0. The van der Waals surface area contributed by atoms with E-state index in [1.165, 1.54) is 12.1 Å². The second-order valence-corrected chi connectivity index (χ2v) is 7.64. The van der Waals surface area contributed by atoms with Crippen molar-refractivity contribution in [2.45, 2.75) is 31.9 Å². The van der Waals surface area contributed by atoms with Crippen molar-refractivity contribution in [2.24, 2.45) is 0 Å². The molecular weight excluding hydrogens is 392 g/mol. The number of nitrogen functional groups attached to an aromatic ring is 1. The summed E-state index contributed by atoms with van der Waals surface area (Å²) in [6.45, 7) is 2.46. The van der Waals surface area contributed by atoms with E-state index < -0.39 is 6.10 Å². The van der Waals surface area contributed by atoms with Crippen LogP contribution in [0.3, 0.4) is 0 Å². The molecule has 0 aliphatic rings. The van der Waals surface area contributed by atoms with E-state index in [0.717, 1.165) is 23.1 Å². The first-order valence-electron chi connectivity index (χ1n) is 10.2. The number of nitrogens with two attached hydrogens (primary N) is 1. The number of aromatic hydroxyl groups is 1. The summed E-state index contributed by atoms with van der Waals surface area (Å²) in [4.78, 5) is 16.3. The Hall–Kier alpha value is -3.42. The smallest absolute Gasteiger partial charge is 0.228 e. The van der Waals surface area contributed by atoms with Gasteiger partial charge in [-0.25, -0.2) is 4.98 Å².